The highest BCUT2D eigenvalue weighted by atomic mass is 35.5. The molecule has 2 rings (SSSR count). The minimum Gasteiger partial charge on any atom is -0.384 e. The van der Waals surface area contributed by atoms with E-state index in [2.05, 4.69) is 10.1 Å². The van der Waals surface area contributed by atoms with E-state index in [9.17, 15) is 9.50 Å². The molecular formula is C10H8ClFN2O2. The molecule has 0 radical (unpaired) electrons. The van der Waals surface area contributed by atoms with Crippen LogP contribution in [-0.2, 0) is 0 Å². The van der Waals surface area contributed by atoms with E-state index < -0.39 is 11.9 Å². The van der Waals surface area contributed by atoms with Gasteiger partial charge in [-0.25, -0.2) is 4.39 Å². The summed E-state index contributed by atoms with van der Waals surface area (Å²) < 4.78 is 17.7. The van der Waals surface area contributed by atoms with E-state index in [-0.39, 0.29) is 16.7 Å². The summed E-state index contributed by atoms with van der Waals surface area (Å²) in [5.41, 5.74) is 0.530. The molecule has 16 heavy (non-hydrogen) atoms. The first-order valence-corrected chi connectivity index (χ1v) is 4.93. The lowest BCUT2D eigenvalue weighted by atomic mass is 10.2. The molecule has 4 nitrogen and oxygen atoms in total. The highest BCUT2D eigenvalue weighted by molar-refractivity contribution is 6.31. The Kier molecular flexibility index (Phi) is 2.89. The van der Waals surface area contributed by atoms with Gasteiger partial charge in [-0.3, -0.25) is 0 Å². The summed E-state index contributed by atoms with van der Waals surface area (Å²) in [7, 11) is 0. The molecule has 0 fully saturated rings. The van der Waals surface area contributed by atoms with Crippen molar-refractivity contribution in [3.8, 4) is 11.4 Å². The predicted octanol–water partition coefficient (Wildman–Crippen LogP) is 2.58. The fourth-order valence-corrected chi connectivity index (χ4v) is 1.34. The zero-order valence-corrected chi connectivity index (χ0v) is 9.07. The first-order chi connectivity index (χ1) is 7.58. The minimum atomic E-state index is -0.836. The van der Waals surface area contributed by atoms with Crippen molar-refractivity contribution < 1.29 is 14.0 Å². The third kappa shape index (κ3) is 2.05. The average Bonchev–Trinajstić information content (AvgIpc) is 2.71. The summed E-state index contributed by atoms with van der Waals surface area (Å²) in [5, 5.41) is 12.8. The molecule has 0 saturated heterocycles. The number of aliphatic hydroxyl groups is 1. The Labute approximate surface area is 95.7 Å². The van der Waals surface area contributed by atoms with E-state index in [0.717, 1.165) is 0 Å². The number of hydrogen-bond acceptors (Lipinski definition) is 4. The number of hydrogen-bond donors (Lipinski definition) is 1. The van der Waals surface area contributed by atoms with Crippen LogP contribution in [-0.4, -0.2) is 15.2 Å². The van der Waals surface area contributed by atoms with E-state index >= 15 is 0 Å². The second-order valence-electron chi connectivity index (χ2n) is 3.26. The van der Waals surface area contributed by atoms with E-state index in [4.69, 9.17) is 16.1 Å². The van der Waals surface area contributed by atoms with Gasteiger partial charge in [-0.1, -0.05) is 16.8 Å². The quantitative estimate of drug-likeness (QED) is 0.879. The number of rotatable bonds is 2. The van der Waals surface area contributed by atoms with Gasteiger partial charge in [0.25, 0.3) is 5.89 Å². The summed E-state index contributed by atoms with van der Waals surface area (Å²) in [4.78, 5) is 3.94. The van der Waals surface area contributed by atoms with Gasteiger partial charge in [0, 0.05) is 5.56 Å². The smallest absolute Gasteiger partial charge is 0.255 e. The van der Waals surface area contributed by atoms with Crippen LogP contribution in [0.3, 0.4) is 0 Å². The zero-order valence-electron chi connectivity index (χ0n) is 8.32. The maximum absolute atomic E-state index is 12.9. The van der Waals surface area contributed by atoms with Gasteiger partial charge in [-0.15, -0.1) is 0 Å². The lowest BCUT2D eigenvalue weighted by Gasteiger charge is -1.96. The van der Waals surface area contributed by atoms with Crippen LogP contribution in [0.4, 0.5) is 4.39 Å². The molecule has 6 heteroatoms. The number of nitrogens with zero attached hydrogens (tertiary/aromatic N) is 2. The van der Waals surface area contributed by atoms with Gasteiger partial charge < -0.3 is 9.63 Å². The second-order valence-corrected chi connectivity index (χ2v) is 3.67. The Hall–Kier alpha value is -1.46. The highest BCUT2D eigenvalue weighted by Crippen LogP contribution is 2.23. The first-order valence-electron chi connectivity index (χ1n) is 4.55. The lowest BCUT2D eigenvalue weighted by molar-refractivity contribution is 0.152. The number of aromatic nitrogens is 2. The zero-order chi connectivity index (χ0) is 11.7. The molecule has 0 amide bonds. The van der Waals surface area contributed by atoms with Crippen molar-refractivity contribution in [3.05, 3.63) is 34.9 Å². The van der Waals surface area contributed by atoms with E-state index in [0.29, 0.717) is 5.56 Å². The molecule has 0 spiro atoms. The Morgan fingerprint density at radius 1 is 1.50 bits per heavy atom. The van der Waals surface area contributed by atoms with Gasteiger partial charge in [-0.2, -0.15) is 4.98 Å². The minimum absolute atomic E-state index is 0.0131. The van der Waals surface area contributed by atoms with Crippen LogP contribution >= 0.6 is 11.6 Å². The van der Waals surface area contributed by atoms with Gasteiger partial charge in [-0.05, 0) is 25.1 Å². The van der Waals surface area contributed by atoms with E-state index in [1.54, 1.807) is 0 Å². The molecular weight excluding hydrogens is 235 g/mol. The summed E-state index contributed by atoms with van der Waals surface area (Å²) in [6, 6.07) is 4.10. The predicted molar refractivity (Wildman–Crippen MR) is 55.3 cm³/mol. The molecule has 0 aliphatic carbocycles. The van der Waals surface area contributed by atoms with Crippen molar-refractivity contribution in [2.75, 3.05) is 0 Å². The Morgan fingerprint density at radius 3 is 2.81 bits per heavy atom. The Morgan fingerprint density at radius 2 is 2.25 bits per heavy atom. The Bertz CT molecular complexity index is 513. The molecule has 1 atom stereocenters. The fraction of sp³-hybridized carbons (Fsp3) is 0.200. The molecule has 0 bridgehead atoms. The molecule has 0 aliphatic heterocycles. The van der Waals surface area contributed by atoms with Gasteiger partial charge in [0.05, 0.1) is 5.02 Å². The van der Waals surface area contributed by atoms with Crippen LogP contribution in [0.5, 0.6) is 0 Å². The monoisotopic (exact) mass is 242 g/mol. The van der Waals surface area contributed by atoms with Gasteiger partial charge in [0.2, 0.25) is 5.82 Å². The number of aliphatic hydroxyl groups excluding tert-OH is 1. The normalized spacial score (nSPS) is 12.8. The lowest BCUT2D eigenvalue weighted by Crippen LogP contribution is -1.90. The van der Waals surface area contributed by atoms with Crippen LogP contribution in [0.15, 0.2) is 22.7 Å². The van der Waals surface area contributed by atoms with Crippen molar-refractivity contribution in [2.45, 2.75) is 13.0 Å². The van der Waals surface area contributed by atoms with Gasteiger partial charge in [0.1, 0.15) is 11.9 Å². The summed E-state index contributed by atoms with van der Waals surface area (Å²) >= 11 is 5.62. The number of benzene rings is 1. The molecule has 0 saturated carbocycles. The fourth-order valence-electron chi connectivity index (χ4n) is 1.16. The number of halogens is 2. The third-order valence-corrected chi connectivity index (χ3v) is 2.27. The van der Waals surface area contributed by atoms with Crippen LogP contribution in [0, 0.1) is 5.82 Å². The highest BCUT2D eigenvalue weighted by Gasteiger charge is 2.13. The molecule has 1 aromatic carbocycles. The topological polar surface area (TPSA) is 59.2 Å². The standard InChI is InChI=1S/C10H8ClFN2O2/c1-5(15)10-13-9(14-16-10)6-2-3-8(12)7(11)4-6/h2-5,15H,1H3/t5-/m0/s1. The van der Waals surface area contributed by atoms with Gasteiger partial charge in [0.15, 0.2) is 0 Å². The molecule has 1 N–H and O–H groups in total. The van der Waals surface area contributed by atoms with Crippen molar-refractivity contribution in [1.82, 2.24) is 10.1 Å². The molecule has 0 unspecified atom stereocenters. The maximum Gasteiger partial charge on any atom is 0.255 e. The van der Waals surface area contributed by atoms with Crippen molar-refractivity contribution in [1.29, 1.82) is 0 Å². The molecule has 0 aliphatic rings. The van der Waals surface area contributed by atoms with Crippen molar-refractivity contribution >= 4 is 11.6 Å². The first kappa shape index (κ1) is 11.0. The van der Waals surface area contributed by atoms with Crippen LogP contribution in [0.1, 0.15) is 18.9 Å². The van der Waals surface area contributed by atoms with E-state index in [1.165, 1.54) is 25.1 Å². The summed E-state index contributed by atoms with van der Waals surface area (Å²) in [6.45, 7) is 1.51. The molecule has 2 aromatic rings. The van der Waals surface area contributed by atoms with Crippen LogP contribution < -0.4 is 0 Å². The van der Waals surface area contributed by atoms with Crippen molar-refractivity contribution in [2.24, 2.45) is 0 Å². The molecule has 84 valence electrons. The Balaban J connectivity index is 2.39. The van der Waals surface area contributed by atoms with Crippen molar-refractivity contribution in [3.63, 3.8) is 0 Å². The SMILES string of the molecule is C[C@H](O)c1nc(-c2ccc(F)c(Cl)c2)no1. The van der Waals surface area contributed by atoms with Crippen LogP contribution in [0.25, 0.3) is 11.4 Å². The van der Waals surface area contributed by atoms with Crippen LogP contribution in [0.2, 0.25) is 5.02 Å². The second kappa shape index (κ2) is 4.19. The maximum atomic E-state index is 12.9. The molecule has 1 aromatic heterocycles. The third-order valence-electron chi connectivity index (χ3n) is 1.98. The van der Waals surface area contributed by atoms with E-state index in [1.807, 2.05) is 0 Å². The summed E-state index contributed by atoms with van der Waals surface area (Å²) in [5.74, 6) is -0.141. The largest absolute Gasteiger partial charge is 0.384 e. The molecule has 1 heterocycles. The van der Waals surface area contributed by atoms with Gasteiger partial charge >= 0.3 is 0 Å². The summed E-state index contributed by atoms with van der Waals surface area (Å²) in [6.07, 6.45) is -0.836. The average molecular weight is 243 g/mol.